The van der Waals surface area contributed by atoms with Crippen molar-refractivity contribution in [1.29, 1.82) is 0 Å². The first-order valence-electron chi connectivity index (χ1n) is 6.39. The number of phenolic OH excluding ortho intramolecular Hbond substituents is 1. The summed E-state index contributed by atoms with van der Waals surface area (Å²) >= 11 is 1.30. The number of aryl methyl sites for hydroxylation is 1. The Kier molecular flexibility index (Phi) is 4.01. The van der Waals surface area contributed by atoms with Gasteiger partial charge in [-0.15, -0.1) is 17.8 Å². The number of carbonyl (C=O) groups is 1. The van der Waals surface area contributed by atoms with Crippen LogP contribution < -0.4 is 5.32 Å². The number of terminal acetylenes is 1. The van der Waals surface area contributed by atoms with Crippen molar-refractivity contribution in [1.82, 2.24) is 10.3 Å². The van der Waals surface area contributed by atoms with Gasteiger partial charge in [-0.1, -0.05) is 5.92 Å². The monoisotopic (exact) mass is 300 g/mol. The Morgan fingerprint density at radius 1 is 1.38 bits per heavy atom. The Bertz CT molecular complexity index is 709. The Hall–Kier alpha value is -2.32. The molecule has 1 amide bonds. The lowest BCUT2D eigenvalue weighted by Crippen LogP contribution is -2.42. The van der Waals surface area contributed by atoms with Crippen molar-refractivity contribution >= 4 is 17.2 Å². The maximum Gasteiger partial charge on any atom is 0.264 e. The molecule has 0 unspecified atom stereocenters. The van der Waals surface area contributed by atoms with Gasteiger partial charge in [0.2, 0.25) is 0 Å². The van der Waals surface area contributed by atoms with Crippen LogP contribution in [0.2, 0.25) is 0 Å². The average molecular weight is 300 g/mol. The highest BCUT2D eigenvalue weighted by Crippen LogP contribution is 2.29. The van der Waals surface area contributed by atoms with Crippen LogP contribution in [0.3, 0.4) is 0 Å². The van der Waals surface area contributed by atoms with Crippen LogP contribution in [-0.4, -0.2) is 21.5 Å². The van der Waals surface area contributed by atoms with Gasteiger partial charge in [0.05, 0.1) is 11.2 Å². The highest BCUT2D eigenvalue weighted by molar-refractivity contribution is 7.17. The van der Waals surface area contributed by atoms with E-state index in [9.17, 15) is 9.90 Å². The normalized spacial score (nSPS) is 11.0. The molecule has 21 heavy (non-hydrogen) atoms. The number of hydrogen-bond donors (Lipinski definition) is 2. The minimum Gasteiger partial charge on any atom is -0.508 e. The van der Waals surface area contributed by atoms with Gasteiger partial charge >= 0.3 is 0 Å². The van der Waals surface area contributed by atoms with Crippen LogP contribution in [0.4, 0.5) is 0 Å². The van der Waals surface area contributed by atoms with Crippen LogP contribution in [0.25, 0.3) is 10.6 Å². The predicted molar refractivity (Wildman–Crippen MR) is 84.3 cm³/mol. The highest BCUT2D eigenvalue weighted by Gasteiger charge is 2.22. The molecule has 108 valence electrons. The van der Waals surface area contributed by atoms with Crippen LogP contribution in [0.15, 0.2) is 24.3 Å². The van der Waals surface area contributed by atoms with Crippen LogP contribution in [0, 0.1) is 19.3 Å². The maximum atomic E-state index is 12.3. The van der Waals surface area contributed by atoms with Gasteiger partial charge in [-0.2, -0.15) is 0 Å². The van der Waals surface area contributed by atoms with Crippen LogP contribution in [0.1, 0.15) is 29.2 Å². The second kappa shape index (κ2) is 5.58. The zero-order chi connectivity index (χ0) is 15.6. The number of nitrogens with zero attached hydrogens (tertiary/aromatic N) is 1. The van der Waals surface area contributed by atoms with E-state index in [0.29, 0.717) is 10.6 Å². The molecule has 1 aromatic carbocycles. The number of hydrogen-bond acceptors (Lipinski definition) is 4. The molecule has 0 aliphatic rings. The first kappa shape index (κ1) is 15.1. The van der Waals surface area contributed by atoms with Crippen molar-refractivity contribution in [3.63, 3.8) is 0 Å². The molecule has 0 atom stereocenters. The van der Waals surface area contributed by atoms with E-state index in [4.69, 9.17) is 6.42 Å². The standard InChI is InChI=1S/C16H16N2O2S/c1-5-16(3,4)18-14(20)13-10(2)17-15(21-13)11-6-8-12(19)9-7-11/h1,6-9,19H,2-4H3,(H,18,20). The molecule has 0 saturated carbocycles. The third-order valence-electron chi connectivity index (χ3n) is 2.90. The molecule has 2 aromatic rings. The summed E-state index contributed by atoms with van der Waals surface area (Å²) in [4.78, 5) is 17.2. The summed E-state index contributed by atoms with van der Waals surface area (Å²) < 4.78 is 0. The maximum absolute atomic E-state index is 12.3. The molecule has 2 rings (SSSR count). The van der Waals surface area contributed by atoms with E-state index in [1.807, 2.05) is 0 Å². The summed E-state index contributed by atoms with van der Waals surface area (Å²) in [6, 6.07) is 6.71. The van der Waals surface area contributed by atoms with Crippen molar-refractivity contribution in [2.45, 2.75) is 26.3 Å². The molecule has 0 aliphatic carbocycles. The molecular formula is C16H16N2O2S. The SMILES string of the molecule is C#CC(C)(C)NC(=O)c1sc(-c2ccc(O)cc2)nc1C. The summed E-state index contributed by atoms with van der Waals surface area (Å²) in [5.74, 6) is 2.50. The first-order chi connectivity index (χ1) is 9.82. The quantitative estimate of drug-likeness (QED) is 0.857. The summed E-state index contributed by atoms with van der Waals surface area (Å²) in [7, 11) is 0. The van der Waals surface area contributed by atoms with Crippen LogP contribution >= 0.6 is 11.3 Å². The lowest BCUT2D eigenvalue weighted by molar-refractivity contribution is 0.0933. The van der Waals surface area contributed by atoms with Gasteiger partial charge in [-0.25, -0.2) is 4.98 Å². The topological polar surface area (TPSA) is 62.2 Å². The lowest BCUT2D eigenvalue weighted by atomic mass is 10.1. The second-order valence-corrected chi connectivity index (χ2v) is 6.20. The van der Waals surface area contributed by atoms with Crippen molar-refractivity contribution in [2.75, 3.05) is 0 Å². The van der Waals surface area contributed by atoms with Gasteiger partial charge in [0, 0.05) is 5.56 Å². The third kappa shape index (κ3) is 3.41. The summed E-state index contributed by atoms with van der Waals surface area (Å²) in [6.45, 7) is 5.32. The number of nitrogens with one attached hydrogen (secondary N) is 1. The van der Waals surface area contributed by atoms with E-state index >= 15 is 0 Å². The van der Waals surface area contributed by atoms with Crippen molar-refractivity contribution < 1.29 is 9.90 Å². The van der Waals surface area contributed by atoms with Gasteiger partial charge < -0.3 is 10.4 Å². The van der Waals surface area contributed by atoms with E-state index in [-0.39, 0.29) is 11.7 Å². The molecular weight excluding hydrogens is 284 g/mol. The third-order valence-corrected chi connectivity index (χ3v) is 4.11. The van der Waals surface area contributed by atoms with Gasteiger partial charge in [0.15, 0.2) is 0 Å². The summed E-state index contributed by atoms with van der Waals surface area (Å²) in [5.41, 5.74) is 0.816. The van der Waals surface area contributed by atoms with Crippen molar-refractivity contribution in [2.24, 2.45) is 0 Å². The summed E-state index contributed by atoms with van der Waals surface area (Å²) in [5, 5.41) is 12.8. The number of phenols is 1. The first-order valence-corrected chi connectivity index (χ1v) is 7.21. The van der Waals surface area contributed by atoms with Gasteiger partial charge in [0.25, 0.3) is 5.91 Å². The summed E-state index contributed by atoms with van der Waals surface area (Å²) in [6.07, 6.45) is 5.38. The molecule has 0 aliphatic heterocycles. The molecule has 4 nitrogen and oxygen atoms in total. The number of aromatic nitrogens is 1. The molecule has 0 radical (unpaired) electrons. The minimum absolute atomic E-state index is 0.195. The van der Waals surface area contributed by atoms with Gasteiger partial charge in [0.1, 0.15) is 15.6 Å². The second-order valence-electron chi connectivity index (χ2n) is 5.20. The minimum atomic E-state index is -0.702. The van der Waals surface area contributed by atoms with E-state index in [2.05, 4.69) is 16.2 Å². The Morgan fingerprint density at radius 2 is 2.00 bits per heavy atom. The molecule has 0 spiro atoms. The predicted octanol–water partition coefficient (Wildman–Crippen LogP) is 2.97. The zero-order valence-electron chi connectivity index (χ0n) is 12.1. The van der Waals surface area contributed by atoms with Crippen molar-refractivity contribution in [3.05, 3.63) is 34.8 Å². The molecule has 2 N–H and O–H groups in total. The highest BCUT2D eigenvalue weighted by atomic mass is 32.1. The van der Waals surface area contributed by atoms with Crippen molar-refractivity contribution in [3.8, 4) is 28.7 Å². The molecule has 0 bridgehead atoms. The molecule has 1 aromatic heterocycles. The van der Waals surface area contributed by atoms with Gasteiger partial charge in [-0.05, 0) is 45.0 Å². The number of benzene rings is 1. The molecule has 1 heterocycles. The average Bonchev–Trinajstić information content (AvgIpc) is 2.81. The zero-order valence-corrected chi connectivity index (χ0v) is 12.9. The van der Waals surface area contributed by atoms with Crippen LogP contribution in [-0.2, 0) is 0 Å². The fourth-order valence-electron chi connectivity index (χ4n) is 1.71. The Labute approximate surface area is 127 Å². The number of thiazole rings is 1. The number of carbonyl (C=O) groups excluding carboxylic acids is 1. The molecule has 0 fully saturated rings. The fraction of sp³-hybridized carbons (Fsp3) is 0.250. The van der Waals surface area contributed by atoms with Crippen LogP contribution in [0.5, 0.6) is 5.75 Å². The Morgan fingerprint density at radius 3 is 2.57 bits per heavy atom. The fourth-order valence-corrected chi connectivity index (χ4v) is 2.68. The van der Waals surface area contributed by atoms with E-state index in [0.717, 1.165) is 10.6 Å². The van der Waals surface area contributed by atoms with E-state index in [1.165, 1.54) is 11.3 Å². The lowest BCUT2D eigenvalue weighted by Gasteiger charge is -2.18. The largest absolute Gasteiger partial charge is 0.508 e. The number of rotatable bonds is 3. The molecule has 5 heteroatoms. The Balaban J connectivity index is 2.30. The van der Waals surface area contributed by atoms with Gasteiger partial charge in [-0.3, -0.25) is 4.79 Å². The van der Waals surface area contributed by atoms with E-state index in [1.54, 1.807) is 45.0 Å². The smallest absolute Gasteiger partial charge is 0.264 e. The number of aromatic hydroxyl groups is 1. The number of amides is 1. The molecule has 0 saturated heterocycles. The van der Waals surface area contributed by atoms with E-state index < -0.39 is 5.54 Å².